The minimum Gasteiger partial charge on any atom is -0.398 e. The van der Waals surface area contributed by atoms with Gasteiger partial charge in [0.25, 0.3) is 47.4 Å². The summed E-state index contributed by atoms with van der Waals surface area (Å²) in [7, 11) is -2.38. The lowest BCUT2D eigenvalue weighted by molar-refractivity contribution is -0.304. The van der Waals surface area contributed by atoms with Crippen LogP contribution in [0.2, 0.25) is 12.1 Å². The summed E-state index contributed by atoms with van der Waals surface area (Å²) in [4.78, 5) is 0. The molecule has 0 aliphatic carbocycles. The molecule has 0 aliphatic heterocycles. The van der Waals surface area contributed by atoms with E-state index in [-0.39, 0.29) is 0 Å². The summed E-state index contributed by atoms with van der Waals surface area (Å²) in [5.74, 6) is -54.5. The summed E-state index contributed by atoms with van der Waals surface area (Å²) in [6.07, 6.45) is -44.3. The summed E-state index contributed by atoms with van der Waals surface area (Å²) >= 11 is 0. The van der Waals surface area contributed by atoms with E-state index in [4.69, 9.17) is 8.85 Å². The van der Waals surface area contributed by atoms with Crippen LogP contribution in [0.3, 0.4) is 0 Å². The first-order valence-electron chi connectivity index (χ1n) is 15.7. The highest BCUT2D eigenvalue weighted by Crippen LogP contribution is 2.50. The molecular weight excluding hydrogens is 890 g/mol. The van der Waals surface area contributed by atoms with Crippen LogP contribution in [-0.2, 0) is 8.85 Å². The zero-order chi connectivity index (χ0) is 45.8. The van der Waals surface area contributed by atoms with Gasteiger partial charge in [-0.05, 0) is 24.9 Å². The molecule has 0 amide bonds. The minimum atomic E-state index is -6.65. The normalized spacial score (nSPS) is 15.8. The van der Waals surface area contributed by atoms with Gasteiger partial charge in [-0.2, -0.15) is 43.9 Å². The van der Waals surface area contributed by atoms with Gasteiger partial charge in [0.1, 0.15) is 0 Å². The van der Waals surface area contributed by atoms with Crippen molar-refractivity contribution in [2.45, 2.75) is 161 Å². The van der Waals surface area contributed by atoms with E-state index in [2.05, 4.69) is 0 Å². The number of hydrogen-bond acceptors (Lipinski definition) is 2. The largest absolute Gasteiger partial charge is 0.453 e. The van der Waals surface area contributed by atoms with Gasteiger partial charge < -0.3 is 8.85 Å². The number of alkyl halides is 26. The molecule has 2 nitrogen and oxygen atoms in total. The van der Waals surface area contributed by atoms with E-state index in [1.807, 2.05) is 0 Å². The highest BCUT2D eigenvalue weighted by molar-refractivity contribution is 6.67. The average Bonchev–Trinajstić information content (AvgIpc) is 2.84. The summed E-state index contributed by atoms with van der Waals surface area (Å²) < 4.78 is 358. The zero-order valence-corrected chi connectivity index (χ0v) is 30.0. The van der Waals surface area contributed by atoms with Crippen molar-refractivity contribution in [3.63, 3.8) is 0 Å². The highest BCUT2D eigenvalue weighted by Gasteiger charge is 2.65. The molecule has 0 aromatic heterocycles. The average molecular weight is 925 g/mol. The van der Waals surface area contributed by atoms with Crippen molar-refractivity contribution in [1.82, 2.24) is 0 Å². The van der Waals surface area contributed by atoms with Gasteiger partial charge >= 0.3 is 32.8 Å². The van der Waals surface area contributed by atoms with Gasteiger partial charge in [0, 0.05) is 27.1 Å². The van der Waals surface area contributed by atoms with Crippen molar-refractivity contribution in [3.8, 4) is 0 Å². The first kappa shape index (κ1) is 55.3. The molecule has 57 heavy (non-hydrogen) atoms. The Bertz CT molecular complexity index is 1150. The Morgan fingerprint density at radius 2 is 0.491 bits per heavy atom. The Morgan fingerprint density at radius 1 is 0.298 bits per heavy atom. The van der Waals surface area contributed by atoms with Gasteiger partial charge in [-0.3, -0.25) is 0 Å². The number of hydrogen-bond donors (Lipinski definition) is 0. The number of halogens is 26. The van der Waals surface area contributed by atoms with Crippen LogP contribution in [-0.4, -0.2) is 94.4 Å². The number of rotatable bonds is 26. The second-order valence-corrected chi connectivity index (χ2v) is 17.3. The first-order valence-corrected chi connectivity index (χ1v) is 17.9. The molecule has 29 heteroatoms. The summed E-state index contributed by atoms with van der Waals surface area (Å²) in [6, 6.07) is -1.46. The minimum absolute atomic E-state index is 0.730. The van der Waals surface area contributed by atoms with Gasteiger partial charge in [0.05, 0.1) is 51.4 Å². The van der Waals surface area contributed by atoms with Crippen molar-refractivity contribution in [3.05, 3.63) is 0 Å². The van der Waals surface area contributed by atoms with E-state index in [0.717, 1.165) is 14.2 Å². The topological polar surface area (TPSA) is 18.5 Å². The second kappa shape index (κ2) is 18.1. The maximum absolute atomic E-state index is 14.4. The Hall–Kier alpha value is -1.68. The summed E-state index contributed by atoms with van der Waals surface area (Å²) in [6.45, 7) is 0. The molecule has 0 fully saturated rings. The first-order chi connectivity index (χ1) is 24.7. The second-order valence-electron chi connectivity index (χ2n) is 13.7. The van der Waals surface area contributed by atoms with E-state index in [0.29, 0.717) is 0 Å². The third kappa shape index (κ3) is 20.0. The molecule has 0 heterocycles. The lowest BCUT2D eigenvalue weighted by Crippen LogP contribution is -2.44. The molecule has 0 N–H and O–H groups in total. The van der Waals surface area contributed by atoms with Crippen LogP contribution in [0.15, 0.2) is 0 Å². The van der Waals surface area contributed by atoms with E-state index in [9.17, 15) is 114 Å². The zero-order valence-electron chi connectivity index (χ0n) is 29.0. The fourth-order valence-corrected chi connectivity index (χ4v) is 8.19. The van der Waals surface area contributed by atoms with Crippen molar-refractivity contribution in [2.24, 2.45) is 0 Å². The van der Waals surface area contributed by atoms with Gasteiger partial charge in [0.2, 0.25) is 0 Å². The van der Waals surface area contributed by atoms with Crippen molar-refractivity contribution in [1.29, 1.82) is 0 Å². The summed E-state index contributed by atoms with van der Waals surface area (Å²) in [5.41, 5.74) is 0. The van der Waals surface area contributed by atoms with Crippen LogP contribution < -0.4 is 0 Å². The molecule has 0 unspecified atom stereocenters. The Kier molecular flexibility index (Phi) is 17.6. The maximum atomic E-state index is 14.4. The van der Waals surface area contributed by atoms with E-state index in [1.54, 1.807) is 0 Å². The standard InChI is InChI=1S/C28H34F26O2Si/c1-55-57(56-2,7-3-5-17(29,30)9-19(33,34)11-21(37,38)13-23(41,42)15-25(45,46)27(49,50)51)8-4-6-18(31,32)10-20(35,36)12-22(39,40)14-24(43,44)16-26(47,48)28(52,53)54/h3-16H2,1-2H3. The van der Waals surface area contributed by atoms with Crippen LogP contribution in [0.1, 0.15) is 77.0 Å². The van der Waals surface area contributed by atoms with Gasteiger partial charge in [-0.25, -0.2) is 70.2 Å². The molecule has 0 bridgehead atoms. The SMILES string of the molecule is CO[Si](CCCC(F)(F)CC(F)(F)CC(F)(F)CC(F)(F)CC(F)(F)C(F)(F)F)(CCCC(F)(F)CC(F)(F)CC(F)(F)CC(F)(F)CC(F)(F)C(F)(F)F)OC. The van der Waals surface area contributed by atoms with E-state index in [1.165, 1.54) is 0 Å². The van der Waals surface area contributed by atoms with Crippen LogP contribution in [0.25, 0.3) is 0 Å². The molecule has 0 rings (SSSR count). The van der Waals surface area contributed by atoms with Crippen LogP contribution in [0, 0.1) is 0 Å². The molecule has 0 radical (unpaired) electrons. The predicted octanol–water partition coefficient (Wildman–Crippen LogP) is 13.9. The summed E-state index contributed by atoms with van der Waals surface area (Å²) in [5, 5.41) is 0. The Labute approximate surface area is 307 Å². The van der Waals surface area contributed by atoms with Crippen molar-refractivity contribution in [2.75, 3.05) is 14.2 Å². The maximum Gasteiger partial charge on any atom is 0.453 e. The van der Waals surface area contributed by atoms with Gasteiger partial charge in [-0.1, -0.05) is 0 Å². The monoisotopic (exact) mass is 924 g/mol. The third-order valence-corrected chi connectivity index (χ3v) is 11.6. The fraction of sp³-hybridized carbons (Fsp3) is 1.00. The molecule has 0 saturated heterocycles. The van der Waals surface area contributed by atoms with Crippen LogP contribution in [0.5, 0.6) is 0 Å². The Morgan fingerprint density at radius 3 is 0.684 bits per heavy atom. The van der Waals surface area contributed by atoms with E-state index < -0.39 is 169 Å². The predicted molar refractivity (Wildman–Crippen MR) is 146 cm³/mol. The molecule has 0 aliphatic rings. The molecule has 0 aromatic carbocycles. The quantitative estimate of drug-likeness (QED) is 0.0636. The third-order valence-electron chi connectivity index (χ3n) is 7.84. The lowest BCUT2D eigenvalue weighted by atomic mass is 9.95. The van der Waals surface area contributed by atoms with Crippen molar-refractivity contribution < 1.29 is 123 Å². The Balaban J connectivity index is 5.39. The lowest BCUT2D eigenvalue weighted by Gasteiger charge is -2.31. The smallest absolute Gasteiger partial charge is 0.398 e. The molecule has 0 aromatic rings. The highest BCUT2D eigenvalue weighted by atomic mass is 28.4. The van der Waals surface area contributed by atoms with Crippen LogP contribution >= 0.6 is 0 Å². The molecule has 0 spiro atoms. The van der Waals surface area contributed by atoms with Gasteiger partial charge in [0.15, 0.2) is 0 Å². The molecule has 0 atom stereocenters. The van der Waals surface area contributed by atoms with E-state index >= 15 is 0 Å². The molecular formula is C28H34F26O2Si. The molecule has 0 saturated carbocycles. The van der Waals surface area contributed by atoms with Crippen LogP contribution in [0.4, 0.5) is 114 Å². The molecule has 344 valence electrons. The van der Waals surface area contributed by atoms with Gasteiger partial charge in [-0.15, -0.1) is 0 Å². The fourth-order valence-electron chi connectivity index (χ4n) is 5.52. The van der Waals surface area contributed by atoms with Crippen molar-refractivity contribution >= 4 is 8.56 Å².